The molecule has 180 valence electrons. The lowest BCUT2D eigenvalue weighted by atomic mass is 10.1. The van der Waals surface area contributed by atoms with Crippen molar-refractivity contribution < 1.29 is 19.3 Å². The van der Waals surface area contributed by atoms with Gasteiger partial charge in [-0.15, -0.1) is 0 Å². The number of carbonyl (C=O) groups is 3. The van der Waals surface area contributed by atoms with Crippen molar-refractivity contribution in [2.75, 3.05) is 6.54 Å². The zero-order chi connectivity index (χ0) is 25.6. The second kappa shape index (κ2) is 9.18. The molecule has 0 radical (unpaired) electrons. The van der Waals surface area contributed by atoms with E-state index in [1.165, 1.54) is 41.0 Å². The second-order valence-corrected chi connectivity index (χ2v) is 8.92. The van der Waals surface area contributed by atoms with Crippen LogP contribution in [0.2, 0.25) is 10.0 Å². The number of carbonyl (C=O) groups excluding carboxylic acids is 3. The van der Waals surface area contributed by atoms with Crippen LogP contribution in [-0.4, -0.2) is 43.6 Å². The van der Waals surface area contributed by atoms with E-state index in [1.54, 1.807) is 24.3 Å². The lowest BCUT2D eigenvalue weighted by Crippen LogP contribution is -2.31. The minimum Gasteiger partial charge on any atom is -0.274 e. The van der Waals surface area contributed by atoms with E-state index >= 15 is 0 Å². The van der Waals surface area contributed by atoms with Crippen molar-refractivity contribution in [3.8, 4) is 0 Å². The Bertz CT molecular complexity index is 1560. The SMILES string of the molecule is O=C1c2ccccc2C(=O)N1CCCc1nc2cc(Cl)c(Cl)cc2n1C(=O)c1ccccc1[N+](=O)[O-]. The van der Waals surface area contributed by atoms with E-state index < -0.39 is 10.8 Å². The van der Waals surface area contributed by atoms with Crippen molar-refractivity contribution in [1.29, 1.82) is 0 Å². The third kappa shape index (κ3) is 3.92. The number of amides is 2. The average Bonchev–Trinajstić information content (AvgIpc) is 3.33. The number of imide groups is 1. The van der Waals surface area contributed by atoms with Gasteiger partial charge in [0.25, 0.3) is 23.4 Å². The van der Waals surface area contributed by atoms with E-state index in [9.17, 15) is 24.5 Å². The molecule has 1 aliphatic rings. The number of rotatable bonds is 6. The van der Waals surface area contributed by atoms with Crippen molar-refractivity contribution in [2.45, 2.75) is 12.8 Å². The topological polar surface area (TPSA) is 115 Å². The number of fused-ring (bicyclic) bond motifs is 2. The summed E-state index contributed by atoms with van der Waals surface area (Å²) in [4.78, 5) is 55.5. The van der Waals surface area contributed by atoms with Crippen LogP contribution in [0.15, 0.2) is 60.7 Å². The first-order valence-electron chi connectivity index (χ1n) is 10.9. The van der Waals surface area contributed by atoms with Crippen LogP contribution in [0.25, 0.3) is 11.0 Å². The predicted octanol–water partition coefficient (Wildman–Crippen LogP) is 5.17. The lowest BCUT2D eigenvalue weighted by Gasteiger charge is -2.14. The average molecular weight is 523 g/mol. The Morgan fingerprint density at radius 3 is 2.22 bits per heavy atom. The molecule has 2 heterocycles. The Kier molecular flexibility index (Phi) is 6.03. The van der Waals surface area contributed by atoms with E-state index in [4.69, 9.17) is 23.2 Å². The molecular formula is C25H16Cl2N4O5. The number of para-hydroxylation sites is 1. The maximum absolute atomic E-state index is 13.6. The number of benzene rings is 3. The van der Waals surface area contributed by atoms with Gasteiger partial charge in [-0.3, -0.25) is 34.0 Å². The molecule has 0 spiro atoms. The van der Waals surface area contributed by atoms with Gasteiger partial charge in [0, 0.05) is 19.0 Å². The Balaban J connectivity index is 1.49. The number of aromatic nitrogens is 2. The summed E-state index contributed by atoms with van der Waals surface area (Å²) in [6, 6.07) is 15.2. The Labute approximate surface area is 214 Å². The molecule has 36 heavy (non-hydrogen) atoms. The molecule has 0 unspecified atom stereocenters. The summed E-state index contributed by atoms with van der Waals surface area (Å²) < 4.78 is 1.27. The summed E-state index contributed by atoms with van der Waals surface area (Å²) in [5, 5.41) is 12.0. The largest absolute Gasteiger partial charge is 0.282 e. The molecule has 1 aromatic heterocycles. The highest BCUT2D eigenvalue weighted by atomic mass is 35.5. The second-order valence-electron chi connectivity index (χ2n) is 8.11. The van der Waals surface area contributed by atoms with Gasteiger partial charge in [0.05, 0.1) is 37.1 Å². The van der Waals surface area contributed by atoms with E-state index in [2.05, 4.69) is 4.98 Å². The van der Waals surface area contributed by atoms with Crippen LogP contribution in [0.1, 0.15) is 43.3 Å². The van der Waals surface area contributed by atoms with Crippen molar-refractivity contribution >= 4 is 57.6 Å². The Morgan fingerprint density at radius 2 is 1.56 bits per heavy atom. The predicted molar refractivity (Wildman–Crippen MR) is 133 cm³/mol. The number of imidazole rings is 1. The summed E-state index contributed by atoms with van der Waals surface area (Å²) in [6.45, 7) is 0.108. The molecule has 11 heteroatoms. The molecule has 2 amide bonds. The normalized spacial score (nSPS) is 12.9. The van der Waals surface area contributed by atoms with E-state index in [-0.39, 0.29) is 46.1 Å². The van der Waals surface area contributed by atoms with E-state index in [0.717, 1.165) is 4.90 Å². The summed E-state index contributed by atoms with van der Waals surface area (Å²) in [5.41, 5.74) is 0.961. The third-order valence-electron chi connectivity index (χ3n) is 5.96. The van der Waals surface area contributed by atoms with Gasteiger partial charge >= 0.3 is 0 Å². The molecule has 1 aliphatic heterocycles. The summed E-state index contributed by atoms with van der Waals surface area (Å²) in [6.07, 6.45) is 0.504. The maximum Gasteiger partial charge on any atom is 0.282 e. The molecule has 9 nitrogen and oxygen atoms in total. The monoisotopic (exact) mass is 522 g/mol. The van der Waals surface area contributed by atoms with Crippen molar-refractivity contribution in [1.82, 2.24) is 14.5 Å². The Morgan fingerprint density at radius 1 is 0.944 bits per heavy atom. The first-order chi connectivity index (χ1) is 17.3. The smallest absolute Gasteiger partial charge is 0.274 e. The minimum atomic E-state index is -0.654. The molecule has 0 fully saturated rings. The van der Waals surface area contributed by atoms with Gasteiger partial charge in [-0.1, -0.05) is 47.5 Å². The van der Waals surface area contributed by atoms with Gasteiger partial charge in [-0.25, -0.2) is 4.98 Å². The molecular weight excluding hydrogens is 507 g/mol. The van der Waals surface area contributed by atoms with Gasteiger partial charge in [0.2, 0.25) is 0 Å². The maximum atomic E-state index is 13.6. The number of halogens is 2. The fourth-order valence-electron chi connectivity index (χ4n) is 4.29. The lowest BCUT2D eigenvalue weighted by molar-refractivity contribution is -0.385. The minimum absolute atomic E-state index is 0.108. The van der Waals surface area contributed by atoms with Gasteiger partial charge in [0.15, 0.2) is 0 Å². The summed E-state index contributed by atoms with van der Waals surface area (Å²) >= 11 is 12.3. The van der Waals surface area contributed by atoms with Crippen LogP contribution in [0.5, 0.6) is 0 Å². The molecule has 0 saturated heterocycles. The van der Waals surface area contributed by atoms with Crippen LogP contribution in [0, 0.1) is 10.1 Å². The van der Waals surface area contributed by atoms with Gasteiger partial charge in [-0.05, 0) is 36.8 Å². The summed E-state index contributed by atoms with van der Waals surface area (Å²) in [5.74, 6) is -1.11. The fraction of sp³-hybridized carbons (Fsp3) is 0.120. The number of aryl methyl sites for hydroxylation is 1. The molecule has 3 aromatic carbocycles. The highest BCUT2D eigenvalue weighted by Gasteiger charge is 2.34. The van der Waals surface area contributed by atoms with Crippen molar-refractivity contribution in [3.63, 3.8) is 0 Å². The number of nitrogens with zero attached hydrogens (tertiary/aromatic N) is 4. The van der Waals surface area contributed by atoms with Crippen molar-refractivity contribution in [2.24, 2.45) is 0 Å². The van der Waals surface area contributed by atoms with Crippen LogP contribution >= 0.6 is 23.2 Å². The van der Waals surface area contributed by atoms with E-state index in [1.807, 2.05) is 0 Å². The first-order valence-corrected chi connectivity index (χ1v) is 11.6. The quantitative estimate of drug-likeness (QED) is 0.196. The third-order valence-corrected chi connectivity index (χ3v) is 6.68. The highest BCUT2D eigenvalue weighted by molar-refractivity contribution is 6.42. The van der Waals surface area contributed by atoms with Crippen LogP contribution in [-0.2, 0) is 6.42 Å². The number of hydrogen-bond donors (Lipinski definition) is 0. The van der Waals surface area contributed by atoms with Crippen LogP contribution in [0.4, 0.5) is 5.69 Å². The van der Waals surface area contributed by atoms with Gasteiger partial charge in [0.1, 0.15) is 11.4 Å². The van der Waals surface area contributed by atoms with Gasteiger partial charge in [-0.2, -0.15) is 0 Å². The van der Waals surface area contributed by atoms with Crippen molar-refractivity contribution in [3.05, 3.63) is 103 Å². The zero-order valence-corrected chi connectivity index (χ0v) is 20.0. The number of nitro groups is 1. The molecule has 0 N–H and O–H groups in total. The first kappa shape index (κ1) is 23.7. The zero-order valence-electron chi connectivity index (χ0n) is 18.5. The molecule has 0 aliphatic carbocycles. The van der Waals surface area contributed by atoms with Crippen LogP contribution in [0.3, 0.4) is 0 Å². The van der Waals surface area contributed by atoms with Crippen LogP contribution < -0.4 is 0 Å². The standard InChI is InChI=1S/C25H16Cl2N4O5/c26-17-12-19-21(13-18(17)27)30(25(34)16-8-3-4-9-20(16)31(35)36)22(28-19)10-5-11-29-23(32)14-6-1-2-7-15(14)24(29)33/h1-4,6-9,12-13H,5,10-11H2. The van der Waals surface area contributed by atoms with Gasteiger partial charge < -0.3 is 0 Å². The molecule has 0 bridgehead atoms. The number of nitro benzene ring substituents is 1. The molecule has 4 aromatic rings. The fourth-order valence-corrected chi connectivity index (χ4v) is 4.60. The molecule has 0 atom stereocenters. The Hall–Kier alpha value is -4.08. The molecule has 0 saturated carbocycles. The highest BCUT2D eigenvalue weighted by Crippen LogP contribution is 2.31. The summed E-state index contributed by atoms with van der Waals surface area (Å²) in [7, 11) is 0. The molecule has 5 rings (SSSR count). The van der Waals surface area contributed by atoms with E-state index in [0.29, 0.717) is 34.4 Å². The number of hydrogen-bond acceptors (Lipinski definition) is 6.